The van der Waals surface area contributed by atoms with Gasteiger partial charge < -0.3 is 11.1 Å². The highest BCUT2D eigenvalue weighted by atomic mass is 32.1. The molecule has 90 valence electrons. The number of nitrogens with zero attached hydrogens (tertiary/aromatic N) is 1. The molecule has 2 aromatic carbocycles. The lowest BCUT2D eigenvalue weighted by Gasteiger charge is -2.04. The second-order valence-electron chi connectivity index (χ2n) is 4.05. The van der Waals surface area contributed by atoms with Crippen LogP contribution in [0.25, 0.3) is 10.9 Å². The van der Waals surface area contributed by atoms with Gasteiger partial charge in [0.2, 0.25) is 0 Å². The zero-order chi connectivity index (χ0) is 12.4. The van der Waals surface area contributed by atoms with Crippen molar-refractivity contribution in [2.75, 3.05) is 5.32 Å². The molecule has 3 N–H and O–H groups in total. The van der Waals surface area contributed by atoms with Gasteiger partial charge in [-0.15, -0.1) is 0 Å². The van der Waals surface area contributed by atoms with Gasteiger partial charge in [-0.3, -0.25) is 0 Å². The van der Waals surface area contributed by atoms with Crippen molar-refractivity contribution in [3.05, 3.63) is 54.1 Å². The molecule has 0 bridgehead atoms. The van der Waals surface area contributed by atoms with Gasteiger partial charge >= 0.3 is 0 Å². The Morgan fingerprint density at radius 2 is 1.83 bits per heavy atom. The lowest BCUT2D eigenvalue weighted by Crippen LogP contribution is -1.96. The van der Waals surface area contributed by atoms with Crippen LogP contribution >= 0.6 is 11.5 Å². The maximum Gasteiger partial charge on any atom is 0.121 e. The summed E-state index contributed by atoms with van der Waals surface area (Å²) in [7, 11) is 0. The molecule has 3 aromatic rings. The molecule has 0 fully saturated rings. The SMILES string of the molecule is NCc1ccc(Nc2snc3ccccc23)cc1. The Labute approximate surface area is 109 Å². The van der Waals surface area contributed by atoms with E-state index < -0.39 is 0 Å². The summed E-state index contributed by atoms with van der Waals surface area (Å²) in [6.45, 7) is 0.573. The number of nitrogens with one attached hydrogen (secondary N) is 1. The summed E-state index contributed by atoms with van der Waals surface area (Å²) in [5.41, 5.74) is 8.80. The Hall–Kier alpha value is -1.91. The first-order valence-electron chi connectivity index (χ1n) is 5.77. The Kier molecular flexibility index (Phi) is 2.96. The van der Waals surface area contributed by atoms with E-state index in [2.05, 4.69) is 15.8 Å². The van der Waals surface area contributed by atoms with Crippen molar-refractivity contribution < 1.29 is 0 Å². The zero-order valence-corrected chi connectivity index (χ0v) is 10.6. The smallest absolute Gasteiger partial charge is 0.121 e. The van der Waals surface area contributed by atoms with Crippen LogP contribution in [0.2, 0.25) is 0 Å². The van der Waals surface area contributed by atoms with E-state index >= 15 is 0 Å². The van der Waals surface area contributed by atoms with Crippen molar-refractivity contribution in [1.29, 1.82) is 0 Å². The van der Waals surface area contributed by atoms with Crippen LogP contribution in [0.1, 0.15) is 5.56 Å². The molecule has 3 nitrogen and oxygen atoms in total. The maximum absolute atomic E-state index is 5.58. The average Bonchev–Trinajstić information content (AvgIpc) is 2.83. The normalized spacial score (nSPS) is 10.7. The van der Waals surface area contributed by atoms with E-state index in [4.69, 9.17) is 5.73 Å². The molecule has 0 saturated carbocycles. The van der Waals surface area contributed by atoms with Gasteiger partial charge in [-0.05, 0) is 41.4 Å². The number of fused-ring (bicyclic) bond motifs is 1. The molecule has 1 aromatic heterocycles. The minimum Gasteiger partial charge on any atom is -0.345 e. The summed E-state index contributed by atoms with van der Waals surface area (Å²) in [6.07, 6.45) is 0. The zero-order valence-electron chi connectivity index (χ0n) is 9.76. The minimum atomic E-state index is 0.573. The van der Waals surface area contributed by atoms with Crippen molar-refractivity contribution in [2.45, 2.75) is 6.54 Å². The van der Waals surface area contributed by atoms with Crippen LogP contribution in [-0.4, -0.2) is 4.37 Å². The van der Waals surface area contributed by atoms with Crippen LogP contribution in [0.5, 0.6) is 0 Å². The van der Waals surface area contributed by atoms with E-state index in [1.165, 1.54) is 11.5 Å². The Morgan fingerprint density at radius 1 is 1.06 bits per heavy atom. The quantitative estimate of drug-likeness (QED) is 0.753. The van der Waals surface area contributed by atoms with Crippen molar-refractivity contribution >= 4 is 33.1 Å². The first-order chi connectivity index (χ1) is 8.86. The third kappa shape index (κ3) is 2.08. The molecule has 0 amide bonds. The van der Waals surface area contributed by atoms with Gasteiger partial charge in [-0.1, -0.05) is 24.3 Å². The molecule has 18 heavy (non-hydrogen) atoms. The molecular weight excluding hydrogens is 242 g/mol. The number of rotatable bonds is 3. The predicted octanol–water partition coefficient (Wildman–Crippen LogP) is 3.50. The average molecular weight is 255 g/mol. The summed E-state index contributed by atoms with van der Waals surface area (Å²) < 4.78 is 4.41. The third-order valence-corrected chi connectivity index (χ3v) is 3.62. The summed E-state index contributed by atoms with van der Waals surface area (Å²) in [5, 5.41) is 5.63. The van der Waals surface area contributed by atoms with E-state index in [1.807, 2.05) is 42.5 Å². The summed E-state index contributed by atoms with van der Waals surface area (Å²) in [6, 6.07) is 16.3. The van der Waals surface area contributed by atoms with E-state index in [0.717, 1.165) is 27.2 Å². The predicted molar refractivity (Wildman–Crippen MR) is 77.2 cm³/mol. The molecule has 0 aliphatic heterocycles. The van der Waals surface area contributed by atoms with Gasteiger partial charge in [0.15, 0.2) is 0 Å². The molecule has 0 aliphatic carbocycles. The third-order valence-electron chi connectivity index (χ3n) is 2.83. The highest BCUT2D eigenvalue weighted by Crippen LogP contribution is 2.30. The number of hydrogen-bond acceptors (Lipinski definition) is 4. The molecule has 3 rings (SSSR count). The fourth-order valence-electron chi connectivity index (χ4n) is 1.83. The second kappa shape index (κ2) is 4.76. The van der Waals surface area contributed by atoms with Gasteiger partial charge in [0, 0.05) is 17.6 Å². The molecule has 0 atom stereocenters. The number of nitrogens with two attached hydrogens (primary N) is 1. The maximum atomic E-state index is 5.58. The monoisotopic (exact) mass is 255 g/mol. The lowest BCUT2D eigenvalue weighted by atomic mass is 10.2. The van der Waals surface area contributed by atoms with Gasteiger partial charge in [0.05, 0.1) is 5.52 Å². The Morgan fingerprint density at radius 3 is 2.61 bits per heavy atom. The topological polar surface area (TPSA) is 50.9 Å². The molecule has 0 saturated heterocycles. The van der Waals surface area contributed by atoms with Crippen LogP contribution in [0.3, 0.4) is 0 Å². The first kappa shape index (κ1) is 11.2. The van der Waals surface area contributed by atoms with E-state index in [9.17, 15) is 0 Å². The van der Waals surface area contributed by atoms with Gasteiger partial charge in [0.25, 0.3) is 0 Å². The van der Waals surface area contributed by atoms with Crippen molar-refractivity contribution in [3.8, 4) is 0 Å². The Bertz CT molecular complexity index is 658. The highest BCUT2D eigenvalue weighted by molar-refractivity contribution is 7.11. The van der Waals surface area contributed by atoms with Crippen molar-refractivity contribution in [1.82, 2.24) is 4.37 Å². The lowest BCUT2D eigenvalue weighted by molar-refractivity contribution is 1.07. The summed E-state index contributed by atoms with van der Waals surface area (Å²) >= 11 is 1.48. The number of aromatic nitrogens is 1. The summed E-state index contributed by atoms with van der Waals surface area (Å²) in [4.78, 5) is 0. The fraction of sp³-hybridized carbons (Fsp3) is 0.0714. The van der Waals surface area contributed by atoms with Crippen molar-refractivity contribution in [3.63, 3.8) is 0 Å². The van der Waals surface area contributed by atoms with Crippen LogP contribution in [0.15, 0.2) is 48.5 Å². The van der Waals surface area contributed by atoms with E-state index in [0.29, 0.717) is 6.54 Å². The fourth-order valence-corrected chi connectivity index (χ4v) is 2.62. The van der Waals surface area contributed by atoms with Crippen LogP contribution in [0.4, 0.5) is 10.7 Å². The van der Waals surface area contributed by atoms with Crippen LogP contribution in [-0.2, 0) is 6.54 Å². The molecule has 0 aliphatic rings. The van der Waals surface area contributed by atoms with Gasteiger partial charge in [-0.25, -0.2) is 0 Å². The van der Waals surface area contributed by atoms with Crippen molar-refractivity contribution in [2.24, 2.45) is 5.73 Å². The first-order valence-corrected chi connectivity index (χ1v) is 6.54. The van der Waals surface area contributed by atoms with E-state index in [1.54, 1.807) is 0 Å². The molecule has 0 spiro atoms. The second-order valence-corrected chi connectivity index (χ2v) is 4.83. The standard InChI is InChI=1S/C14H13N3S/c15-9-10-5-7-11(8-6-10)16-14-12-3-1-2-4-13(12)17-18-14/h1-8,16H,9,15H2. The molecule has 0 unspecified atom stereocenters. The molecule has 4 heteroatoms. The summed E-state index contributed by atoms with van der Waals surface area (Å²) in [5.74, 6) is 0. The van der Waals surface area contributed by atoms with Crippen LogP contribution < -0.4 is 11.1 Å². The molecule has 0 radical (unpaired) electrons. The van der Waals surface area contributed by atoms with Gasteiger partial charge in [0.1, 0.15) is 5.00 Å². The number of benzene rings is 2. The molecular formula is C14H13N3S. The Balaban J connectivity index is 1.91. The minimum absolute atomic E-state index is 0.573. The van der Waals surface area contributed by atoms with Gasteiger partial charge in [-0.2, -0.15) is 4.37 Å². The number of anilines is 2. The van der Waals surface area contributed by atoms with E-state index in [-0.39, 0.29) is 0 Å². The largest absolute Gasteiger partial charge is 0.345 e. The number of hydrogen-bond donors (Lipinski definition) is 2. The van der Waals surface area contributed by atoms with Crippen LogP contribution in [0, 0.1) is 0 Å². The molecule has 1 heterocycles. The highest BCUT2D eigenvalue weighted by Gasteiger charge is 2.04.